The predicted molar refractivity (Wildman–Crippen MR) is 110 cm³/mol. The molecule has 0 spiro atoms. The fourth-order valence-corrected chi connectivity index (χ4v) is 3.93. The average Bonchev–Trinajstić information content (AvgIpc) is 3.07. The van der Waals surface area contributed by atoms with Crippen LogP contribution < -0.4 is 11.1 Å². The number of aromatic nitrogens is 4. The summed E-state index contributed by atoms with van der Waals surface area (Å²) in [6, 6.07) is 7.83. The smallest absolute Gasteiger partial charge is 0.263 e. The predicted octanol–water partition coefficient (Wildman–Crippen LogP) is 3.28. The summed E-state index contributed by atoms with van der Waals surface area (Å²) in [7, 11) is 0. The molecule has 1 amide bonds. The van der Waals surface area contributed by atoms with E-state index in [1.54, 1.807) is 18.6 Å². The van der Waals surface area contributed by atoms with Crippen molar-refractivity contribution in [2.24, 2.45) is 0 Å². The van der Waals surface area contributed by atoms with Crippen LogP contribution in [0.15, 0.2) is 42.9 Å². The van der Waals surface area contributed by atoms with Crippen LogP contribution in [0.2, 0.25) is 0 Å². The molecule has 0 bridgehead atoms. The third-order valence-corrected chi connectivity index (χ3v) is 5.70. The first-order valence-electron chi connectivity index (χ1n) is 8.70. The molecule has 0 radical (unpaired) electrons. The third kappa shape index (κ3) is 3.29. The summed E-state index contributed by atoms with van der Waals surface area (Å²) >= 11 is 1.26. The molecule has 4 aromatic rings. The zero-order chi connectivity index (χ0) is 19.7. The maximum absolute atomic E-state index is 12.6. The molecule has 8 heteroatoms. The monoisotopic (exact) mass is 390 g/mol. The minimum absolute atomic E-state index is 0.212. The number of nitrogen functional groups attached to an aromatic ring is 1. The molecule has 0 aliphatic rings. The van der Waals surface area contributed by atoms with Crippen molar-refractivity contribution in [3.63, 3.8) is 0 Å². The quantitative estimate of drug-likeness (QED) is 0.554. The SMILES string of the molecule is Cc1nnc2sc(C(=O)NCc3ccc(-c4cnccn4)cc3)c(N)c2c1C. The van der Waals surface area contributed by atoms with Gasteiger partial charge >= 0.3 is 0 Å². The molecule has 3 N–H and O–H groups in total. The first-order valence-corrected chi connectivity index (χ1v) is 9.51. The van der Waals surface area contributed by atoms with Crippen LogP contribution in [0.3, 0.4) is 0 Å². The zero-order valence-corrected chi connectivity index (χ0v) is 16.2. The molecule has 0 saturated heterocycles. The Balaban J connectivity index is 1.50. The van der Waals surface area contributed by atoms with Crippen molar-refractivity contribution in [1.29, 1.82) is 0 Å². The van der Waals surface area contributed by atoms with Gasteiger partial charge in [0.15, 0.2) is 0 Å². The number of rotatable bonds is 4. The van der Waals surface area contributed by atoms with Crippen LogP contribution >= 0.6 is 11.3 Å². The summed E-state index contributed by atoms with van der Waals surface area (Å²) in [6.45, 7) is 4.22. The van der Waals surface area contributed by atoms with Gasteiger partial charge in [0.2, 0.25) is 0 Å². The number of amides is 1. The van der Waals surface area contributed by atoms with Crippen LogP contribution in [0.5, 0.6) is 0 Å². The van der Waals surface area contributed by atoms with Gasteiger partial charge in [0.1, 0.15) is 9.71 Å². The second-order valence-electron chi connectivity index (χ2n) is 6.41. The van der Waals surface area contributed by atoms with E-state index >= 15 is 0 Å². The van der Waals surface area contributed by atoms with Crippen LogP contribution in [0.1, 0.15) is 26.5 Å². The zero-order valence-electron chi connectivity index (χ0n) is 15.4. The second-order valence-corrected chi connectivity index (χ2v) is 7.40. The lowest BCUT2D eigenvalue weighted by molar-refractivity contribution is 0.0956. The van der Waals surface area contributed by atoms with E-state index in [-0.39, 0.29) is 5.91 Å². The van der Waals surface area contributed by atoms with Crippen molar-refractivity contribution in [3.05, 3.63) is 64.6 Å². The minimum atomic E-state index is -0.212. The minimum Gasteiger partial charge on any atom is -0.397 e. The fourth-order valence-electron chi connectivity index (χ4n) is 2.91. The van der Waals surface area contributed by atoms with E-state index in [9.17, 15) is 4.79 Å². The Morgan fingerprint density at radius 2 is 1.93 bits per heavy atom. The van der Waals surface area contributed by atoms with Gasteiger partial charge in [-0.3, -0.25) is 14.8 Å². The van der Waals surface area contributed by atoms with Gasteiger partial charge in [-0.25, -0.2) is 0 Å². The maximum atomic E-state index is 12.6. The number of nitrogens with zero attached hydrogens (tertiary/aromatic N) is 4. The molecule has 3 heterocycles. The molecular formula is C20H18N6OS. The van der Waals surface area contributed by atoms with Crippen LogP contribution in [0.4, 0.5) is 5.69 Å². The van der Waals surface area contributed by atoms with Gasteiger partial charge in [-0.15, -0.1) is 16.4 Å². The van der Waals surface area contributed by atoms with Crippen molar-refractivity contribution in [3.8, 4) is 11.3 Å². The van der Waals surface area contributed by atoms with E-state index in [1.807, 2.05) is 38.1 Å². The van der Waals surface area contributed by atoms with Crippen molar-refractivity contribution in [1.82, 2.24) is 25.5 Å². The van der Waals surface area contributed by atoms with Gasteiger partial charge in [-0.1, -0.05) is 24.3 Å². The van der Waals surface area contributed by atoms with E-state index in [4.69, 9.17) is 5.73 Å². The van der Waals surface area contributed by atoms with Gasteiger partial charge in [0.05, 0.1) is 23.3 Å². The van der Waals surface area contributed by atoms with Crippen LogP contribution in [-0.2, 0) is 6.54 Å². The van der Waals surface area contributed by atoms with Crippen LogP contribution in [0.25, 0.3) is 21.5 Å². The van der Waals surface area contributed by atoms with Crippen LogP contribution in [0, 0.1) is 13.8 Å². The van der Waals surface area contributed by atoms with E-state index in [2.05, 4.69) is 25.5 Å². The summed E-state index contributed by atoms with van der Waals surface area (Å²) in [4.78, 5) is 22.1. The molecule has 0 aliphatic carbocycles. The largest absolute Gasteiger partial charge is 0.397 e. The highest BCUT2D eigenvalue weighted by Gasteiger charge is 2.19. The molecule has 28 heavy (non-hydrogen) atoms. The normalized spacial score (nSPS) is 10.9. The van der Waals surface area contributed by atoms with E-state index in [1.165, 1.54) is 11.3 Å². The van der Waals surface area contributed by atoms with Gasteiger partial charge in [0.25, 0.3) is 5.91 Å². The number of thiophene rings is 1. The third-order valence-electron chi connectivity index (χ3n) is 4.61. The van der Waals surface area contributed by atoms with Crippen molar-refractivity contribution in [2.75, 3.05) is 5.73 Å². The highest BCUT2D eigenvalue weighted by molar-refractivity contribution is 7.21. The average molecular weight is 390 g/mol. The lowest BCUT2D eigenvalue weighted by atomic mass is 10.1. The number of nitrogens with two attached hydrogens (primary N) is 1. The number of fused-ring (bicyclic) bond motifs is 1. The fraction of sp³-hybridized carbons (Fsp3) is 0.150. The number of hydrogen-bond donors (Lipinski definition) is 2. The summed E-state index contributed by atoms with van der Waals surface area (Å²) in [5.74, 6) is -0.212. The second kappa shape index (κ2) is 7.32. The molecular weight excluding hydrogens is 372 g/mol. The number of hydrogen-bond acceptors (Lipinski definition) is 7. The van der Waals surface area contributed by atoms with E-state index in [0.29, 0.717) is 21.9 Å². The Hall–Kier alpha value is -3.39. The molecule has 140 valence electrons. The summed E-state index contributed by atoms with van der Waals surface area (Å²) in [5.41, 5.74) is 11.2. The molecule has 0 aliphatic heterocycles. The Labute approximate surface area is 165 Å². The first-order chi connectivity index (χ1) is 13.5. The summed E-state index contributed by atoms with van der Waals surface area (Å²) in [6.07, 6.45) is 5.02. The number of carbonyl (C=O) groups excluding carboxylic acids is 1. The van der Waals surface area contributed by atoms with Gasteiger partial charge in [-0.05, 0) is 25.0 Å². The highest BCUT2D eigenvalue weighted by atomic mass is 32.1. The van der Waals surface area contributed by atoms with Crippen molar-refractivity contribution >= 4 is 33.1 Å². The highest BCUT2D eigenvalue weighted by Crippen LogP contribution is 2.34. The molecule has 0 fully saturated rings. The van der Waals surface area contributed by atoms with E-state index < -0.39 is 0 Å². The topological polar surface area (TPSA) is 107 Å². The lowest BCUT2D eigenvalue weighted by Crippen LogP contribution is -2.22. The van der Waals surface area contributed by atoms with E-state index in [0.717, 1.165) is 33.5 Å². The maximum Gasteiger partial charge on any atom is 0.263 e. The van der Waals surface area contributed by atoms with Gasteiger partial charge in [0, 0.05) is 29.9 Å². The lowest BCUT2D eigenvalue weighted by Gasteiger charge is -2.06. The molecule has 0 unspecified atom stereocenters. The standard InChI is InChI=1S/C20H18N6OS/c1-11-12(2)25-26-20-16(11)17(21)18(28-20)19(27)24-9-13-3-5-14(6-4-13)15-10-22-7-8-23-15/h3-8,10H,9,21H2,1-2H3,(H,24,27). The summed E-state index contributed by atoms with van der Waals surface area (Å²) in [5, 5.41) is 12.0. The molecule has 0 atom stereocenters. The van der Waals surface area contributed by atoms with Crippen molar-refractivity contribution < 1.29 is 4.79 Å². The Morgan fingerprint density at radius 1 is 1.14 bits per heavy atom. The van der Waals surface area contributed by atoms with Crippen molar-refractivity contribution in [2.45, 2.75) is 20.4 Å². The number of aryl methyl sites for hydroxylation is 2. The Kier molecular flexibility index (Phi) is 4.70. The molecule has 7 nitrogen and oxygen atoms in total. The Bertz CT molecular complexity index is 1160. The number of carbonyl (C=O) groups is 1. The Morgan fingerprint density at radius 3 is 2.64 bits per heavy atom. The molecule has 1 aromatic carbocycles. The molecule has 4 rings (SSSR count). The molecule has 0 saturated carbocycles. The van der Waals surface area contributed by atoms with Gasteiger partial charge in [-0.2, -0.15) is 5.10 Å². The number of nitrogens with one attached hydrogen (secondary N) is 1. The van der Waals surface area contributed by atoms with Gasteiger partial charge < -0.3 is 11.1 Å². The number of anilines is 1. The van der Waals surface area contributed by atoms with Crippen LogP contribution in [-0.4, -0.2) is 26.1 Å². The number of benzene rings is 1. The first kappa shape index (κ1) is 18.0. The summed E-state index contributed by atoms with van der Waals surface area (Å²) < 4.78 is 0. The molecule has 3 aromatic heterocycles.